The van der Waals surface area contributed by atoms with Crippen molar-refractivity contribution >= 4 is 5.78 Å². The Morgan fingerprint density at radius 1 is 1.21 bits per heavy atom. The third-order valence-electron chi connectivity index (χ3n) is 4.45. The molecule has 1 fully saturated rings. The summed E-state index contributed by atoms with van der Waals surface area (Å²) >= 11 is 0. The molecule has 0 saturated carbocycles. The summed E-state index contributed by atoms with van der Waals surface area (Å²) in [4.78, 5) is 13.8. The fourth-order valence-corrected chi connectivity index (χ4v) is 3.14. The first-order chi connectivity index (χ1) is 11.7. The molecule has 2 aromatic rings. The van der Waals surface area contributed by atoms with Gasteiger partial charge in [-0.3, -0.25) is 14.2 Å². The summed E-state index contributed by atoms with van der Waals surface area (Å²) in [6, 6.07) is 2.06. The number of aromatic nitrogens is 3. The van der Waals surface area contributed by atoms with Crippen molar-refractivity contribution in [2.24, 2.45) is 0 Å². The largest absolute Gasteiger partial charge is 0.395 e. The highest BCUT2D eigenvalue weighted by molar-refractivity contribution is 5.34. The molecule has 1 N–H and O–H groups in total. The number of hydrogen-bond donors (Lipinski definition) is 1. The first-order valence-corrected chi connectivity index (χ1v) is 8.61. The van der Waals surface area contributed by atoms with E-state index in [0.717, 1.165) is 68.8 Å². The minimum Gasteiger partial charge on any atom is -0.395 e. The molecule has 7 nitrogen and oxygen atoms in total. The van der Waals surface area contributed by atoms with Gasteiger partial charge in [-0.25, -0.2) is 9.97 Å². The van der Waals surface area contributed by atoms with Crippen molar-refractivity contribution in [3.05, 3.63) is 29.3 Å². The van der Waals surface area contributed by atoms with Gasteiger partial charge in [-0.15, -0.1) is 0 Å². The SMILES string of the molecule is Cc1cc(C)n2cc(CN(CCO)CCN3CCOCC3)nc2n1. The van der Waals surface area contributed by atoms with E-state index >= 15 is 0 Å². The molecular weight excluding hydrogens is 306 g/mol. The second-order valence-corrected chi connectivity index (χ2v) is 6.39. The van der Waals surface area contributed by atoms with Gasteiger partial charge in [-0.1, -0.05) is 0 Å². The Kier molecular flexibility index (Phi) is 5.78. The van der Waals surface area contributed by atoms with E-state index in [1.165, 1.54) is 0 Å². The number of imidazole rings is 1. The van der Waals surface area contributed by atoms with Crippen LogP contribution in [0.2, 0.25) is 0 Å². The van der Waals surface area contributed by atoms with Gasteiger partial charge in [0.2, 0.25) is 5.78 Å². The van der Waals surface area contributed by atoms with E-state index in [2.05, 4.69) is 39.0 Å². The second-order valence-electron chi connectivity index (χ2n) is 6.39. The van der Waals surface area contributed by atoms with Crippen LogP contribution in [0, 0.1) is 13.8 Å². The lowest BCUT2D eigenvalue weighted by molar-refractivity contribution is 0.0319. The lowest BCUT2D eigenvalue weighted by atomic mass is 10.3. The standard InChI is InChI=1S/C17H27N5O2/c1-14-11-15(2)22-13-16(19-17(22)18-14)12-21(5-8-23)4-3-20-6-9-24-10-7-20/h11,13,23H,3-10,12H2,1-2H3. The molecule has 0 bridgehead atoms. The summed E-state index contributed by atoms with van der Waals surface area (Å²) in [6.45, 7) is 11.1. The van der Waals surface area contributed by atoms with Crippen LogP contribution >= 0.6 is 0 Å². The Morgan fingerprint density at radius 3 is 2.75 bits per heavy atom. The molecule has 1 aliphatic heterocycles. The van der Waals surface area contributed by atoms with Crippen LogP contribution in [0.1, 0.15) is 17.1 Å². The summed E-state index contributed by atoms with van der Waals surface area (Å²) in [5.41, 5.74) is 3.11. The van der Waals surface area contributed by atoms with Crippen LogP contribution in [-0.2, 0) is 11.3 Å². The lowest BCUT2D eigenvalue weighted by Crippen LogP contribution is -2.41. The molecule has 1 saturated heterocycles. The van der Waals surface area contributed by atoms with Gasteiger partial charge >= 0.3 is 0 Å². The number of nitrogens with zero attached hydrogens (tertiary/aromatic N) is 5. The van der Waals surface area contributed by atoms with Crippen molar-refractivity contribution in [1.82, 2.24) is 24.2 Å². The number of fused-ring (bicyclic) bond motifs is 1. The molecule has 0 radical (unpaired) electrons. The fraction of sp³-hybridized carbons (Fsp3) is 0.647. The maximum atomic E-state index is 9.36. The highest BCUT2D eigenvalue weighted by atomic mass is 16.5. The molecule has 0 aromatic carbocycles. The first-order valence-electron chi connectivity index (χ1n) is 8.61. The number of morpholine rings is 1. The smallest absolute Gasteiger partial charge is 0.234 e. The van der Waals surface area contributed by atoms with Gasteiger partial charge in [0.1, 0.15) is 0 Å². The molecule has 0 unspecified atom stereocenters. The predicted molar refractivity (Wildman–Crippen MR) is 92.1 cm³/mol. The zero-order valence-corrected chi connectivity index (χ0v) is 14.6. The molecule has 24 heavy (non-hydrogen) atoms. The van der Waals surface area contributed by atoms with Crippen molar-refractivity contribution in [3.8, 4) is 0 Å². The maximum Gasteiger partial charge on any atom is 0.234 e. The van der Waals surface area contributed by atoms with Gasteiger partial charge in [0.25, 0.3) is 0 Å². The number of aliphatic hydroxyl groups excluding tert-OH is 1. The van der Waals surface area contributed by atoms with Crippen molar-refractivity contribution < 1.29 is 9.84 Å². The first kappa shape index (κ1) is 17.3. The molecule has 3 heterocycles. The normalized spacial score (nSPS) is 16.3. The quantitative estimate of drug-likeness (QED) is 0.795. The Morgan fingerprint density at radius 2 is 2.00 bits per heavy atom. The number of aliphatic hydroxyl groups is 1. The third-order valence-corrected chi connectivity index (χ3v) is 4.45. The molecule has 0 aliphatic carbocycles. The Bertz CT molecular complexity index is 666. The van der Waals surface area contributed by atoms with Crippen LogP contribution in [0.3, 0.4) is 0 Å². The fourth-order valence-electron chi connectivity index (χ4n) is 3.14. The van der Waals surface area contributed by atoms with E-state index in [0.29, 0.717) is 6.54 Å². The molecule has 0 atom stereocenters. The van der Waals surface area contributed by atoms with Crippen LogP contribution in [0.15, 0.2) is 12.3 Å². The molecule has 0 spiro atoms. The summed E-state index contributed by atoms with van der Waals surface area (Å²) in [5, 5.41) is 9.36. The van der Waals surface area contributed by atoms with E-state index in [1.54, 1.807) is 0 Å². The van der Waals surface area contributed by atoms with E-state index < -0.39 is 0 Å². The van der Waals surface area contributed by atoms with Gasteiger partial charge in [-0.2, -0.15) is 0 Å². The summed E-state index contributed by atoms with van der Waals surface area (Å²) < 4.78 is 7.42. The average molecular weight is 333 g/mol. The Labute approximate surface area is 142 Å². The van der Waals surface area contributed by atoms with Gasteiger partial charge < -0.3 is 9.84 Å². The zero-order chi connectivity index (χ0) is 16.9. The Balaban J connectivity index is 1.65. The number of aryl methyl sites for hydroxylation is 2. The molecule has 132 valence electrons. The van der Waals surface area contributed by atoms with Crippen molar-refractivity contribution in [2.45, 2.75) is 20.4 Å². The lowest BCUT2D eigenvalue weighted by Gasteiger charge is -2.29. The van der Waals surface area contributed by atoms with Crippen LogP contribution in [0.25, 0.3) is 5.78 Å². The Hall–Kier alpha value is -1.54. The van der Waals surface area contributed by atoms with Gasteiger partial charge in [-0.05, 0) is 19.9 Å². The van der Waals surface area contributed by atoms with Crippen molar-refractivity contribution in [3.63, 3.8) is 0 Å². The zero-order valence-electron chi connectivity index (χ0n) is 14.6. The summed E-state index contributed by atoms with van der Waals surface area (Å²) in [6.07, 6.45) is 2.05. The van der Waals surface area contributed by atoms with Crippen LogP contribution in [-0.4, -0.2) is 81.8 Å². The van der Waals surface area contributed by atoms with Gasteiger partial charge in [0.15, 0.2) is 0 Å². The summed E-state index contributed by atoms with van der Waals surface area (Å²) in [7, 11) is 0. The van der Waals surface area contributed by atoms with Crippen molar-refractivity contribution in [2.75, 3.05) is 52.5 Å². The van der Waals surface area contributed by atoms with Crippen LogP contribution < -0.4 is 0 Å². The van der Waals surface area contributed by atoms with E-state index in [9.17, 15) is 5.11 Å². The molecule has 1 aliphatic rings. The molecular formula is C17H27N5O2. The number of hydrogen-bond acceptors (Lipinski definition) is 6. The minimum atomic E-state index is 0.160. The second kappa shape index (κ2) is 8.02. The molecule has 0 amide bonds. The monoisotopic (exact) mass is 333 g/mol. The van der Waals surface area contributed by atoms with Crippen molar-refractivity contribution in [1.29, 1.82) is 0 Å². The topological polar surface area (TPSA) is 66.1 Å². The van der Waals surface area contributed by atoms with Crippen LogP contribution in [0.4, 0.5) is 0 Å². The van der Waals surface area contributed by atoms with Crippen LogP contribution in [0.5, 0.6) is 0 Å². The maximum absolute atomic E-state index is 9.36. The number of rotatable bonds is 7. The van der Waals surface area contributed by atoms with Gasteiger partial charge in [0.05, 0.1) is 25.5 Å². The molecule has 3 rings (SSSR count). The van der Waals surface area contributed by atoms with Gasteiger partial charge in [0, 0.05) is 56.9 Å². The number of ether oxygens (including phenoxy) is 1. The highest BCUT2D eigenvalue weighted by Crippen LogP contribution is 2.10. The minimum absolute atomic E-state index is 0.160. The average Bonchev–Trinajstić information content (AvgIpc) is 2.96. The molecule has 7 heteroatoms. The van der Waals surface area contributed by atoms with E-state index in [1.807, 2.05) is 11.3 Å². The predicted octanol–water partition coefficient (Wildman–Crippen LogP) is 0.473. The third kappa shape index (κ3) is 4.30. The van der Waals surface area contributed by atoms with E-state index in [4.69, 9.17) is 4.74 Å². The highest BCUT2D eigenvalue weighted by Gasteiger charge is 2.14. The van der Waals surface area contributed by atoms with E-state index in [-0.39, 0.29) is 6.61 Å². The molecule has 2 aromatic heterocycles. The summed E-state index contributed by atoms with van der Waals surface area (Å²) in [5.74, 6) is 0.750.